The molecule has 0 unspecified atom stereocenters. The van der Waals surface area contributed by atoms with E-state index in [1.54, 1.807) is 16.2 Å². The third-order valence-corrected chi connectivity index (χ3v) is 6.54. The maximum absolute atomic E-state index is 13.1. The van der Waals surface area contributed by atoms with Crippen LogP contribution in [0.1, 0.15) is 30.2 Å². The monoisotopic (exact) mass is 404 g/mol. The van der Waals surface area contributed by atoms with Gasteiger partial charge in [-0.2, -0.15) is 5.26 Å². The van der Waals surface area contributed by atoms with Gasteiger partial charge in [0, 0.05) is 24.7 Å². The lowest BCUT2D eigenvalue weighted by Gasteiger charge is -2.33. The van der Waals surface area contributed by atoms with Gasteiger partial charge in [-0.15, -0.1) is 11.3 Å². The number of thiazole rings is 1. The molecule has 0 N–H and O–H groups in total. The van der Waals surface area contributed by atoms with Gasteiger partial charge in [0.1, 0.15) is 0 Å². The molecule has 1 aromatic heterocycles. The maximum Gasteiger partial charge on any atom is 0.241 e. The highest BCUT2D eigenvalue weighted by Gasteiger charge is 2.27. The lowest BCUT2D eigenvalue weighted by molar-refractivity contribution is -0.120. The Bertz CT molecular complexity index is 977. The van der Waals surface area contributed by atoms with Crippen molar-refractivity contribution in [3.63, 3.8) is 0 Å². The fourth-order valence-electron chi connectivity index (χ4n) is 3.91. The summed E-state index contributed by atoms with van der Waals surface area (Å²) in [6, 6.07) is 20.0. The predicted molar refractivity (Wildman–Crippen MR) is 117 cm³/mol. The van der Waals surface area contributed by atoms with Crippen LogP contribution in [0.25, 0.3) is 10.2 Å². The Morgan fingerprint density at radius 3 is 2.79 bits per heavy atom. The van der Waals surface area contributed by atoms with E-state index in [0.717, 1.165) is 37.1 Å². The molecule has 1 saturated heterocycles. The number of benzene rings is 2. The van der Waals surface area contributed by atoms with Crippen LogP contribution in [0.5, 0.6) is 0 Å². The molecule has 148 valence electrons. The Balaban J connectivity index is 1.45. The van der Waals surface area contributed by atoms with Crippen molar-refractivity contribution in [2.45, 2.75) is 25.2 Å². The van der Waals surface area contributed by atoms with Crippen LogP contribution in [-0.2, 0) is 4.79 Å². The van der Waals surface area contributed by atoms with Crippen LogP contribution in [0.15, 0.2) is 54.6 Å². The van der Waals surface area contributed by atoms with E-state index in [1.807, 2.05) is 36.4 Å². The maximum atomic E-state index is 13.1. The number of carbonyl (C=O) groups is 1. The van der Waals surface area contributed by atoms with Gasteiger partial charge < -0.3 is 4.90 Å². The molecule has 1 atom stereocenters. The van der Waals surface area contributed by atoms with Gasteiger partial charge in [-0.05, 0) is 43.7 Å². The fourth-order valence-corrected chi connectivity index (χ4v) is 5.00. The van der Waals surface area contributed by atoms with Crippen LogP contribution in [0.2, 0.25) is 0 Å². The third-order valence-electron chi connectivity index (χ3n) is 5.34. The SMILES string of the molecule is N#CCCN(C(=O)CN1CCC[C@H](c2nc3ccccc3s2)C1)c1ccccc1. The first-order chi connectivity index (χ1) is 14.2. The first kappa shape index (κ1) is 19.6. The summed E-state index contributed by atoms with van der Waals surface area (Å²) in [7, 11) is 0. The molecule has 4 rings (SSSR count). The van der Waals surface area contributed by atoms with Gasteiger partial charge in [0.05, 0.1) is 34.3 Å². The zero-order valence-corrected chi connectivity index (χ0v) is 17.1. The van der Waals surface area contributed by atoms with E-state index in [-0.39, 0.29) is 5.91 Å². The molecule has 1 aliphatic heterocycles. The molecule has 0 spiro atoms. The first-order valence-corrected chi connectivity index (χ1v) is 10.9. The Kier molecular flexibility index (Phi) is 6.18. The van der Waals surface area contributed by atoms with Gasteiger partial charge in [0.2, 0.25) is 5.91 Å². The molecule has 1 aliphatic rings. The van der Waals surface area contributed by atoms with Crippen molar-refractivity contribution >= 4 is 33.1 Å². The van der Waals surface area contributed by atoms with Gasteiger partial charge in [-0.3, -0.25) is 9.69 Å². The largest absolute Gasteiger partial charge is 0.310 e. The van der Waals surface area contributed by atoms with E-state index >= 15 is 0 Å². The van der Waals surface area contributed by atoms with Crippen molar-refractivity contribution < 1.29 is 4.79 Å². The van der Waals surface area contributed by atoms with Crippen LogP contribution in [-0.4, -0.2) is 42.0 Å². The second-order valence-corrected chi connectivity index (χ2v) is 8.45. The molecular weight excluding hydrogens is 380 g/mol. The zero-order valence-electron chi connectivity index (χ0n) is 16.3. The van der Waals surface area contributed by atoms with Crippen LogP contribution in [0, 0.1) is 11.3 Å². The standard InChI is InChI=1S/C23H24N4OS/c24-13-7-15-27(19-9-2-1-3-10-19)22(28)17-26-14-6-8-18(16-26)23-25-20-11-4-5-12-21(20)29-23/h1-5,9-12,18H,6-8,14-17H2/t18-/m0/s1. The fraction of sp³-hybridized carbons (Fsp3) is 0.348. The predicted octanol–water partition coefficient (Wildman–Crippen LogP) is 4.42. The minimum absolute atomic E-state index is 0.0522. The Hall–Kier alpha value is -2.75. The molecule has 2 aromatic carbocycles. The summed E-state index contributed by atoms with van der Waals surface area (Å²) >= 11 is 1.77. The number of rotatable bonds is 6. The molecule has 3 aromatic rings. The minimum Gasteiger partial charge on any atom is -0.310 e. The summed E-state index contributed by atoms with van der Waals surface area (Å²) in [5.74, 6) is 0.426. The second-order valence-electron chi connectivity index (χ2n) is 7.38. The van der Waals surface area contributed by atoms with Crippen molar-refractivity contribution in [1.82, 2.24) is 9.88 Å². The molecule has 29 heavy (non-hydrogen) atoms. The summed E-state index contributed by atoms with van der Waals surface area (Å²) in [5.41, 5.74) is 1.92. The van der Waals surface area contributed by atoms with Crippen molar-refractivity contribution in [1.29, 1.82) is 5.26 Å². The van der Waals surface area contributed by atoms with Crippen molar-refractivity contribution in [2.24, 2.45) is 0 Å². The number of piperidine rings is 1. The second kappa shape index (κ2) is 9.17. The summed E-state index contributed by atoms with van der Waals surface area (Å²) in [4.78, 5) is 21.9. The van der Waals surface area contributed by atoms with Gasteiger partial charge in [0.15, 0.2) is 0 Å². The van der Waals surface area contributed by atoms with Crippen LogP contribution in [0.4, 0.5) is 5.69 Å². The quantitative estimate of drug-likeness (QED) is 0.610. The minimum atomic E-state index is 0.0522. The molecule has 0 saturated carbocycles. The number of hydrogen-bond acceptors (Lipinski definition) is 5. The lowest BCUT2D eigenvalue weighted by Crippen LogP contribution is -2.44. The van der Waals surface area contributed by atoms with Gasteiger partial charge >= 0.3 is 0 Å². The molecule has 1 amide bonds. The van der Waals surface area contributed by atoms with Gasteiger partial charge in [-0.1, -0.05) is 30.3 Å². The van der Waals surface area contributed by atoms with Gasteiger partial charge in [-0.25, -0.2) is 4.98 Å². The highest BCUT2D eigenvalue weighted by atomic mass is 32.1. The smallest absolute Gasteiger partial charge is 0.241 e. The molecular formula is C23H24N4OS. The lowest BCUT2D eigenvalue weighted by atomic mass is 9.98. The van der Waals surface area contributed by atoms with Crippen LogP contribution in [0.3, 0.4) is 0 Å². The number of carbonyl (C=O) groups excluding carboxylic acids is 1. The van der Waals surface area contributed by atoms with Gasteiger partial charge in [0.25, 0.3) is 0 Å². The molecule has 5 nitrogen and oxygen atoms in total. The molecule has 1 fully saturated rings. The third kappa shape index (κ3) is 4.64. The number of nitrogens with zero attached hydrogens (tertiary/aromatic N) is 4. The van der Waals surface area contributed by atoms with Crippen molar-refractivity contribution in [3.05, 3.63) is 59.6 Å². The molecule has 0 radical (unpaired) electrons. The normalized spacial score (nSPS) is 17.1. The molecule has 2 heterocycles. The number of aromatic nitrogens is 1. The zero-order chi connectivity index (χ0) is 20.1. The van der Waals surface area contributed by atoms with E-state index in [2.05, 4.69) is 29.2 Å². The summed E-state index contributed by atoms with van der Waals surface area (Å²) < 4.78 is 1.22. The number of fused-ring (bicyclic) bond motifs is 1. The Morgan fingerprint density at radius 1 is 1.21 bits per heavy atom. The van der Waals surface area contributed by atoms with Crippen molar-refractivity contribution in [2.75, 3.05) is 31.1 Å². The number of anilines is 1. The Labute approximate surface area is 175 Å². The molecule has 0 aliphatic carbocycles. The highest BCUT2D eigenvalue weighted by Crippen LogP contribution is 2.33. The molecule has 6 heteroatoms. The highest BCUT2D eigenvalue weighted by molar-refractivity contribution is 7.18. The van der Waals surface area contributed by atoms with Crippen LogP contribution < -0.4 is 4.90 Å². The number of likely N-dealkylation sites (tertiary alicyclic amines) is 1. The van der Waals surface area contributed by atoms with Crippen molar-refractivity contribution in [3.8, 4) is 6.07 Å². The van der Waals surface area contributed by atoms with E-state index < -0.39 is 0 Å². The topological polar surface area (TPSA) is 60.2 Å². The summed E-state index contributed by atoms with van der Waals surface area (Å²) in [6.07, 6.45) is 2.51. The average Bonchev–Trinajstić information content (AvgIpc) is 3.19. The van der Waals surface area contributed by atoms with E-state index in [9.17, 15) is 4.79 Å². The number of amides is 1. The number of nitriles is 1. The van der Waals surface area contributed by atoms with Crippen LogP contribution >= 0.6 is 11.3 Å². The van der Waals surface area contributed by atoms with E-state index in [4.69, 9.17) is 10.2 Å². The average molecular weight is 405 g/mol. The number of para-hydroxylation sites is 2. The summed E-state index contributed by atoms with van der Waals surface area (Å²) in [6.45, 7) is 2.58. The van der Waals surface area contributed by atoms with E-state index in [0.29, 0.717) is 25.4 Å². The Morgan fingerprint density at radius 2 is 2.00 bits per heavy atom. The van der Waals surface area contributed by atoms with E-state index in [1.165, 1.54) is 9.71 Å². The molecule has 0 bridgehead atoms. The first-order valence-electron chi connectivity index (χ1n) is 10.0. The number of hydrogen-bond donors (Lipinski definition) is 0. The summed E-state index contributed by atoms with van der Waals surface area (Å²) in [5, 5.41) is 10.2.